The number of rotatable bonds is 4. The minimum atomic E-state index is 0.317. The fourth-order valence-electron chi connectivity index (χ4n) is 1.64. The Hall–Kier alpha value is -0.0800. The van der Waals surface area contributed by atoms with Crippen LogP contribution in [0.1, 0.15) is 40.0 Å². The van der Waals surface area contributed by atoms with Gasteiger partial charge in [-0.1, -0.05) is 6.92 Å². The van der Waals surface area contributed by atoms with E-state index in [2.05, 4.69) is 31.4 Å². The van der Waals surface area contributed by atoms with Crippen molar-refractivity contribution in [1.29, 1.82) is 0 Å². The Balaban J connectivity index is 2.17. The molecule has 78 valence electrons. The molecule has 1 aliphatic heterocycles. The van der Waals surface area contributed by atoms with Gasteiger partial charge in [0, 0.05) is 5.54 Å². The topological polar surface area (TPSA) is 24.1 Å². The Morgan fingerprint density at radius 3 is 2.77 bits per heavy atom. The van der Waals surface area contributed by atoms with Crippen LogP contribution in [0.3, 0.4) is 0 Å². The third-order valence-electron chi connectivity index (χ3n) is 3.15. The zero-order valence-corrected chi connectivity index (χ0v) is 9.32. The van der Waals surface area contributed by atoms with Crippen LogP contribution in [0.2, 0.25) is 0 Å². The summed E-state index contributed by atoms with van der Waals surface area (Å²) < 4.78 is 0. The quantitative estimate of drug-likeness (QED) is 0.696. The molecule has 0 bridgehead atoms. The number of piperidine rings is 1. The SMILES string of the molecule is CCC(C)(C)NCC1CCCNC1. The molecule has 0 radical (unpaired) electrons. The van der Waals surface area contributed by atoms with Crippen molar-refractivity contribution in [3.8, 4) is 0 Å². The Kier molecular flexibility index (Phi) is 4.20. The Bertz CT molecular complexity index is 137. The summed E-state index contributed by atoms with van der Waals surface area (Å²) in [6, 6.07) is 0. The molecule has 13 heavy (non-hydrogen) atoms. The lowest BCUT2D eigenvalue weighted by atomic mass is 9.96. The van der Waals surface area contributed by atoms with Gasteiger partial charge in [-0.2, -0.15) is 0 Å². The van der Waals surface area contributed by atoms with E-state index >= 15 is 0 Å². The molecule has 2 heteroatoms. The number of nitrogens with one attached hydrogen (secondary N) is 2. The summed E-state index contributed by atoms with van der Waals surface area (Å²) in [7, 11) is 0. The zero-order chi connectivity index (χ0) is 9.73. The van der Waals surface area contributed by atoms with E-state index < -0.39 is 0 Å². The molecule has 1 atom stereocenters. The van der Waals surface area contributed by atoms with E-state index in [0.29, 0.717) is 5.54 Å². The molecular formula is C11H24N2. The van der Waals surface area contributed by atoms with Crippen LogP contribution in [0.15, 0.2) is 0 Å². The summed E-state index contributed by atoms with van der Waals surface area (Å²) in [5.74, 6) is 0.847. The largest absolute Gasteiger partial charge is 0.316 e. The molecule has 1 heterocycles. The summed E-state index contributed by atoms with van der Waals surface area (Å²) >= 11 is 0. The maximum atomic E-state index is 3.64. The molecule has 1 fully saturated rings. The molecular weight excluding hydrogens is 160 g/mol. The van der Waals surface area contributed by atoms with Crippen molar-refractivity contribution in [3.63, 3.8) is 0 Å². The van der Waals surface area contributed by atoms with Crippen LogP contribution in [-0.2, 0) is 0 Å². The highest BCUT2D eigenvalue weighted by atomic mass is 15.0. The van der Waals surface area contributed by atoms with Crippen molar-refractivity contribution in [1.82, 2.24) is 10.6 Å². The van der Waals surface area contributed by atoms with Gasteiger partial charge in [-0.3, -0.25) is 0 Å². The first-order valence-corrected chi connectivity index (χ1v) is 5.60. The van der Waals surface area contributed by atoms with Crippen LogP contribution < -0.4 is 10.6 Å². The Labute approximate surface area is 82.5 Å². The van der Waals surface area contributed by atoms with E-state index in [-0.39, 0.29) is 0 Å². The van der Waals surface area contributed by atoms with Crippen molar-refractivity contribution in [2.45, 2.75) is 45.6 Å². The molecule has 2 N–H and O–H groups in total. The third kappa shape index (κ3) is 4.10. The second-order valence-electron chi connectivity index (χ2n) is 4.83. The highest BCUT2D eigenvalue weighted by Crippen LogP contribution is 2.12. The lowest BCUT2D eigenvalue weighted by Crippen LogP contribution is -2.44. The van der Waals surface area contributed by atoms with Gasteiger partial charge >= 0.3 is 0 Å². The summed E-state index contributed by atoms with van der Waals surface area (Å²) in [4.78, 5) is 0. The monoisotopic (exact) mass is 184 g/mol. The van der Waals surface area contributed by atoms with Gasteiger partial charge in [0.25, 0.3) is 0 Å². The van der Waals surface area contributed by atoms with Gasteiger partial charge in [0.2, 0.25) is 0 Å². The summed E-state index contributed by atoms with van der Waals surface area (Å²) in [5, 5.41) is 7.09. The van der Waals surface area contributed by atoms with Crippen LogP contribution in [0.25, 0.3) is 0 Å². The van der Waals surface area contributed by atoms with Gasteiger partial charge in [-0.15, -0.1) is 0 Å². The third-order valence-corrected chi connectivity index (χ3v) is 3.15. The Morgan fingerprint density at radius 1 is 1.46 bits per heavy atom. The first kappa shape index (κ1) is 11.0. The van der Waals surface area contributed by atoms with Crippen molar-refractivity contribution in [3.05, 3.63) is 0 Å². The standard InChI is InChI=1S/C11H24N2/c1-4-11(2,3)13-9-10-6-5-7-12-8-10/h10,12-13H,4-9H2,1-3H3. The van der Waals surface area contributed by atoms with Crippen LogP contribution >= 0.6 is 0 Å². The van der Waals surface area contributed by atoms with Crippen molar-refractivity contribution in [2.24, 2.45) is 5.92 Å². The predicted octanol–water partition coefficient (Wildman–Crippen LogP) is 1.76. The summed E-state index contributed by atoms with van der Waals surface area (Å²) in [6.07, 6.45) is 3.94. The van der Waals surface area contributed by atoms with Crippen LogP contribution in [-0.4, -0.2) is 25.2 Å². The fourth-order valence-corrected chi connectivity index (χ4v) is 1.64. The molecule has 0 aromatic heterocycles. The van der Waals surface area contributed by atoms with Gasteiger partial charge < -0.3 is 10.6 Å². The van der Waals surface area contributed by atoms with Crippen molar-refractivity contribution < 1.29 is 0 Å². The highest BCUT2D eigenvalue weighted by molar-refractivity contribution is 4.79. The zero-order valence-electron chi connectivity index (χ0n) is 9.32. The maximum Gasteiger partial charge on any atom is 0.0122 e. The summed E-state index contributed by atoms with van der Waals surface area (Å²) in [6.45, 7) is 10.4. The molecule has 0 saturated carbocycles. The minimum absolute atomic E-state index is 0.317. The van der Waals surface area contributed by atoms with Gasteiger partial charge in [0.05, 0.1) is 0 Å². The number of hydrogen-bond donors (Lipinski definition) is 2. The Morgan fingerprint density at radius 2 is 2.23 bits per heavy atom. The lowest BCUT2D eigenvalue weighted by Gasteiger charge is -2.30. The second kappa shape index (κ2) is 4.97. The van der Waals surface area contributed by atoms with E-state index in [1.807, 2.05) is 0 Å². The molecule has 0 amide bonds. The fraction of sp³-hybridized carbons (Fsp3) is 1.00. The molecule has 2 nitrogen and oxygen atoms in total. The molecule has 0 aliphatic carbocycles. The predicted molar refractivity (Wildman–Crippen MR) is 58.0 cm³/mol. The molecule has 1 saturated heterocycles. The van der Waals surface area contributed by atoms with E-state index in [0.717, 1.165) is 5.92 Å². The molecule has 1 aliphatic rings. The average Bonchev–Trinajstić information content (AvgIpc) is 2.17. The first-order chi connectivity index (χ1) is 6.14. The first-order valence-electron chi connectivity index (χ1n) is 5.60. The molecule has 0 spiro atoms. The molecule has 0 aromatic rings. The highest BCUT2D eigenvalue weighted by Gasteiger charge is 2.18. The second-order valence-corrected chi connectivity index (χ2v) is 4.83. The van der Waals surface area contributed by atoms with Crippen molar-refractivity contribution in [2.75, 3.05) is 19.6 Å². The normalized spacial score (nSPS) is 24.7. The number of hydrogen-bond acceptors (Lipinski definition) is 2. The minimum Gasteiger partial charge on any atom is -0.316 e. The maximum absolute atomic E-state index is 3.64. The van der Waals surface area contributed by atoms with E-state index in [9.17, 15) is 0 Å². The van der Waals surface area contributed by atoms with Gasteiger partial charge in [-0.25, -0.2) is 0 Å². The van der Waals surface area contributed by atoms with E-state index in [1.165, 1.54) is 38.9 Å². The molecule has 1 unspecified atom stereocenters. The smallest absolute Gasteiger partial charge is 0.0122 e. The lowest BCUT2D eigenvalue weighted by molar-refractivity contribution is 0.300. The average molecular weight is 184 g/mol. The van der Waals surface area contributed by atoms with Crippen LogP contribution in [0.4, 0.5) is 0 Å². The van der Waals surface area contributed by atoms with E-state index in [1.54, 1.807) is 0 Å². The molecule has 1 rings (SSSR count). The van der Waals surface area contributed by atoms with Gasteiger partial charge in [0.15, 0.2) is 0 Å². The van der Waals surface area contributed by atoms with Gasteiger partial charge in [-0.05, 0) is 58.7 Å². The van der Waals surface area contributed by atoms with Crippen LogP contribution in [0.5, 0.6) is 0 Å². The summed E-state index contributed by atoms with van der Waals surface area (Å²) in [5.41, 5.74) is 0.317. The van der Waals surface area contributed by atoms with Crippen LogP contribution in [0, 0.1) is 5.92 Å². The van der Waals surface area contributed by atoms with Gasteiger partial charge in [0.1, 0.15) is 0 Å². The van der Waals surface area contributed by atoms with E-state index in [4.69, 9.17) is 0 Å². The molecule has 0 aromatic carbocycles. The van der Waals surface area contributed by atoms with Crippen molar-refractivity contribution >= 4 is 0 Å².